The van der Waals surface area contributed by atoms with Gasteiger partial charge in [-0.05, 0) is 67.8 Å². The Morgan fingerprint density at radius 2 is 1.66 bits per heavy atom. The van der Waals surface area contributed by atoms with E-state index in [0.717, 1.165) is 30.9 Å². The normalized spacial score (nSPS) is 14.3. The number of sulfonamides is 1. The Balaban J connectivity index is 1.45. The van der Waals surface area contributed by atoms with E-state index in [9.17, 15) is 13.2 Å². The van der Waals surface area contributed by atoms with Crippen molar-refractivity contribution in [2.45, 2.75) is 50.3 Å². The quantitative estimate of drug-likeness (QED) is 0.454. The van der Waals surface area contributed by atoms with Crippen LogP contribution in [0.2, 0.25) is 0 Å². The lowest BCUT2D eigenvalue weighted by molar-refractivity contribution is -0.116. The molecule has 0 unspecified atom stereocenters. The van der Waals surface area contributed by atoms with Crippen LogP contribution in [-0.2, 0) is 14.8 Å². The molecule has 0 radical (unpaired) electrons. The first-order valence-electron chi connectivity index (χ1n) is 12.1. The molecule has 0 saturated carbocycles. The van der Waals surface area contributed by atoms with Gasteiger partial charge in [0.1, 0.15) is 0 Å². The van der Waals surface area contributed by atoms with Crippen LogP contribution < -0.4 is 14.9 Å². The van der Waals surface area contributed by atoms with Crippen molar-refractivity contribution in [1.29, 1.82) is 0 Å². The SMILES string of the molecule is CCCC(=O)Nc1ccc(S(=O)(=O)Nc2cccc(-c3ccc(N4CCCCCC4)nn3)c2)cc1. The summed E-state index contributed by atoms with van der Waals surface area (Å²) in [5.74, 6) is 0.780. The highest BCUT2D eigenvalue weighted by Gasteiger charge is 2.16. The second kappa shape index (κ2) is 11.3. The molecule has 1 aromatic heterocycles. The average molecular weight is 494 g/mol. The maximum Gasteiger partial charge on any atom is 0.261 e. The number of rotatable bonds is 8. The van der Waals surface area contributed by atoms with Gasteiger partial charge in [0.15, 0.2) is 5.82 Å². The molecule has 4 rings (SSSR count). The Morgan fingerprint density at radius 1 is 0.914 bits per heavy atom. The Morgan fingerprint density at radius 3 is 2.31 bits per heavy atom. The molecule has 0 spiro atoms. The van der Waals surface area contributed by atoms with Gasteiger partial charge in [-0.15, -0.1) is 10.2 Å². The van der Waals surface area contributed by atoms with E-state index >= 15 is 0 Å². The molecule has 8 nitrogen and oxygen atoms in total. The van der Waals surface area contributed by atoms with Crippen LogP contribution in [0.1, 0.15) is 45.4 Å². The van der Waals surface area contributed by atoms with Gasteiger partial charge in [-0.1, -0.05) is 31.9 Å². The summed E-state index contributed by atoms with van der Waals surface area (Å²) in [5, 5.41) is 11.6. The average Bonchev–Trinajstić information content (AvgIpc) is 3.14. The van der Waals surface area contributed by atoms with Crippen molar-refractivity contribution in [2.75, 3.05) is 28.0 Å². The van der Waals surface area contributed by atoms with Gasteiger partial charge < -0.3 is 10.2 Å². The highest BCUT2D eigenvalue weighted by molar-refractivity contribution is 7.92. The number of hydrogen-bond acceptors (Lipinski definition) is 6. The fourth-order valence-corrected chi connectivity index (χ4v) is 5.12. The van der Waals surface area contributed by atoms with Crippen LogP contribution in [0.25, 0.3) is 11.3 Å². The van der Waals surface area contributed by atoms with Crippen LogP contribution in [0, 0.1) is 0 Å². The highest BCUT2D eigenvalue weighted by atomic mass is 32.2. The molecule has 1 aliphatic heterocycles. The standard InChI is InChI=1S/C26H31N5O3S/c1-2-8-26(32)27-21-11-13-23(14-12-21)35(33,34)30-22-10-7-9-20(19-22)24-15-16-25(29-28-24)31-17-5-3-4-6-18-31/h7,9-16,19,30H,2-6,8,17-18H2,1H3,(H,27,32). The van der Waals surface area contributed by atoms with E-state index in [1.54, 1.807) is 30.3 Å². The lowest BCUT2D eigenvalue weighted by Crippen LogP contribution is -2.25. The molecular formula is C26H31N5O3S. The number of benzene rings is 2. The first-order chi connectivity index (χ1) is 16.9. The third-order valence-corrected chi connectivity index (χ3v) is 7.31. The monoisotopic (exact) mass is 493 g/mol. The Hall–Kier alpha value is -3.46. The number of aromatic nitrogens is 2. The molecule has 0 aliphatic carbocycles. The van der Waals surface area contributed by atoms with Crippen molar-refractivity contribution in [2.24, 2.45) is 0 Å². The summed E-state index contributed by atoms with van der Waals surface area (Å²) in [7, 11) is -3.80. The predicted molar refractivity (Wildman–Crippen MR) is 139 cm³/mol. The van der Waals surface area contributed by atoms with Gasteiger partial charge in [0, 0.05) is 36.4 Å². The summed E-state index contributed by atoms with van der Waals surface area (Å²) in [5.41, 5.74) is 2.44. The van der Waals surface area contributed by atoms with Gasteiger partial charge in [0.25, 0.3) is 10.0 Å². The van der Waals surface area contributed by atoms with Crippen molar-refractivity contribution in [3.8, 4) is 11.3 Å². The second-order valence-corrected chi connectivity index (χ2v) is 10.4. The molecule has 2 heterocycles. The van der Waals surface area contributed by atoms with Crippen LogP contribution in [0.5, 0.6) is 0 Å². The number of nitrogens with one attached hydrogen (secondary N) is 2. The number of carbonyl (C=O) groups is 1. The lowest BCUT2D eigenvalue weighted by atomic mass is 10.1. The van der Waals surface area contributed by atoms with E-state index in [2.05, 4.69) is 25.1 Å². The van der Waals surface area contributed by atoms with Gasteiger partial charge in [-0.2, -0.15) is 0 Å². The van der Waals surface area contributed by atoms with E-state index in [1.165, 1.54) is 37.8 Å². The lowest BCUT2D eigenvalue weighted by Gasteiger charge is -2.20. The van der Waals surface area contributed by atoms with Crippen LogP contribution in [0.4, 0.5) is 17.2 Å². The highest BCUT2D eigenvalue weighted by Crippen LogP contribution is 2.25. The van der Waals surface area contributed by atoms with E-state index < -0.39 is 10.0 Å². The molecule has 1 aliphatic rings. The Labute approximate surface area is 206 Å². The van der Waals surface area contributed by atoms with Crippen molar-refractivity contribution in [3.05, 3.63) is 60.7 Å². The van der Waals surface area contributed by atoms with Gasteiger partial charge in [0.2, 0.25) is 5.91 Å². The summed E-state index contributed by atoms with van der Waals surface area (Å²) < 4.78 is 28.4. The minimum atomic E-state index is -3.80. The van der Waals surface area contributed by atoms with Gasteiger partial charge in [-0.3, -0.25) is 9.52 Å². The Bertz CT molecular complexity index is 1240. The van der Waals surface area contributed by atoms with Crippen molar-refractivity contribution in [1.82, 2.24) is 10.2 Å². The van der Waals surface area contributed by atoms with Crippen molar-refractivity contribution < 1.29 is 13.2 Å². The largest absolute Gasteiger partial charge is 0.355 e. The van der Waals surface area contributed by atoms with Crippen LogP contribution in [0.15, 0.2) is 65.6 Å². The molecule has 9 heteroatoms. The van der Waals surface area contributed by atoms with Crippen LogP contribution in [0.3, 0.4) is 0 Å². The number of amides is 1. The summed E-state index contributed by atoms with van der Waals surface area (Å²) >= 11 is 0. The zero-order valence-corrected chi connectivity index (χ0v) is 20.7. The van der Waals surface area contributed by atoms with E-state index in [4.69, 9.17) is 0 Å². The van der Waals surface area contributed by atoms with Crippen molar-refractivity contribution >= 4 is 33.1 Å². The zero-order chi connectivity index (χ0) is 24.7. The summed E-state index contributed by atoms with van der Waals surface area (Å²) in [6, 6.07) is 17.1. The molecule has 1 amide bonds. The fourth-order valence-electron chi connectivity index (χ4n) is 4.07. The molecule has 1 saturated heterocycles. The Kier molecular flexibility index (Phi) is 7.97. The predicted octanol–water partition coefficient (Wildman–Crippen LogP) is 5.06. The van der Waals surface area contributed by atoms with Crippen molar-refractivity contribution in [3.63, 3.8) is 0 Å². The molecule has 1 fully saturated rings. The molecular weight excluding hydrogens is 462 g/mol. The maximum atomic E-state index is 12.9. The number of hydrogen-bond donors (Lipinski definition) is 2. The molecule has 0 atom stereocenters. The maximum absolute atomic E-state index is 12.9. The first kappa shape index (κ1) is 24.7. The number of nitrogens with zero attached hydrogens (tertiary/aromatic N) is 3. The zero-order valence-electron chi connectivity index (χ0n) is 19.9. The van der Waals surface area contributed by atoms with E-state index in [-0.39, 0.29) is 10.8 Å². The van der Waals surface area contributed by atoms with E-state index in [0.29, 0.717) is 23.5 Å². The third kappa shape index (κ3) is 6.57. The molecule has 3 aromatic rings. The molecule has 35 heavy (non-hydrogen) atoms. The molecule has 2 aromatic carbocycles. The minimum absolute atomic E-state index is 0.0967. The third-order valence-electron chi connectivity index (χ3n) is 5.92. The summed E-state index contributed by atoms with van der Waals surface area (Å²) in [6.07, 6.45) is 6.01. The molecule has 0 bridgehead atoms. The smallest absolute Gasteiger partial charge is 0.261 e. The topological polar surface area (TPSA) is 104 Å². The van der Waals surface area contributed by atoms with Gasteiger partial charge in [-0.25, -0.2) is 8.42 Å². The number of anilines is 3. The minimum Gasteiger partial charge on any atom is -0.355 e. The van der Waals surface area contributed by atoms with Gasteiger partial charge in [0.05, 0.1) is 10.6 Å². The summed E-state index contributed by atoms with van der Waals surface area (Å²) in [4.78, 5) is 14.1. The van der Waals surface area contributed by atoms with Crippen LogP contribution in [-0.4, -0.2) is 37.6 Å². The fraction of sp³-hybridized carbons (Fsp3) is 0.346. The first-order valence-corrected chi connectivity index (χ1v) is 13.5. The number of carbonyl (C=O) groups excluding carboxylic acids is 1. The molecule has 2 N–H and O–H groups in total. The van der Waals surface area contributed by atoms with Gasteiger partial charge >= 0.3 is 0 Å². The van der Waals surface area contributed by atoms with Crippen LogP contribution >= 0.6 is 0 Å². The second-order valence-electron chi connectivity index (χ2n) is 8.69. The summed E-state index contributed by atoms with van der Waals surface area (Å²) in [6.45, 7) is 3.92. The molecule has 184 valence electrons. The van der Waals surface area contributed by atoms with E-state index in [1.807, 2.05) is 25.1 Å².